The van der Waals surface area contributed by atoms with Gasteiger partial charge in [0.05, 0.1) is 25.9 Å². The second kappa shape index (κ2) is 9.29. The van der Waals surface area contributed by atoms with Gasteiger partial charge in [-0.2, -0.15) is 0 Å². The molecule has 2 aliphatic rings. The van der Waals surface area contributed by atoms with Crippen LogP contribution in [0.3, 0.4) is 0 Å². The molecule has 7 heteroatoms. The second-order valence-corrected chi connectivity index (χ2v) is 7.58. The zero-order chi connectivity index (χ0) is 21.8. The molecular formula is C24H26O7. The van der Waals surface area contributed by atoms with Crippen LogP contribution in [0, 0.1) is 5.92 Å². The van der Waals surface area contributed by atoms with Gasteiger partial charge in [0, 0.05) is 11.1 Å². The van der Waals surface area contributed by atoms with E-state index in [1.165, 1.54) is 6.42 Å². The molecule has 1 heterocycles. The number of esters is 2. The van der Waals surface area contributed by atoms with E-state index in [0.717, 1.165) is 24.0 Å². The first-order valence-corrected chi connectivity index (χ1v) is 10.5. The van der Waals surface area contributed by atoms with E-state index in [1.54, 1.807) is 25.3 Å². The predicted octanol–water partition coefficient (Wildman–Crippen LogP) is 4.15. The lowest BCUT2D eigenvalue weighted by atomic mass is 9.86. The molecule has 31 heavy (non-hydrogen) atoms. The van der Waals surface area contributed by atoms with Crippen molar-refractivity contribution in [2.75, 3.05) is 26.9 Å². The van der Waals surface area contributed by atoms with Crippen molar-refractivity contribution in [2.45, 2.75) is 32.8 Å². The number of rotatable bonds is 9. The number of ether oxygens (including phenoxy) is 5. The van der Waals surface area contributed by atoms with Crippen LogP contribution in [0.25, 0.3) is 11.1 Å². The fourth-order valence-electron chi connectivity index (χ4n) is 3.79. The van der Waals surface area contributed by atoms with Crippen molar-refractivity contribution in [3.8, 4) is 28.4 Å². The number of methoxy groups -OCH3 is 1. The Morgan fingerprint density at radius 1 is 1.06 bits per heavy atom. The Kier molecular flexibility index (Phi) is 6.30. The SMILES string of the molecule is CCOc1c(OC)ccc(-c2cccc3c2COC3=O)c1OCC(=O)OCC1CCC1. The van der Waals surface area contributed by atoms with E-state index in [0.29, 0.717) is 47.5 Å². The van der Waals surface area contributed by atoms with Crippen molar-refractivity contribution in [1.82, 2.24) is 0 Å². The molecule has 0 bridgehead atoms. The maximum absolute atomic E-state index is 12.3. The molecule has 2 aromatic carbocycles. The molecule has 1 fully saturated rings. The van der Waals surface area contributed by atoms with Gasteiger partial charge in [-0.1, -0.05) is 18.6 Å². The first-order chi connectivity index (χ1) is 15.1. The quantitative estimate of drug-likeness (QED) is 0.557. The Balaban J connectivity index is 1.66. The number of hydrogen-bond donors (Lipinski definition) is 0. The van der Waals surface area contributed by atoms with E-state index in [-0.39, 0.29) is 19.2 Å². The third-order valence-corrected chi connectivity index (χ3v) is 5.66. The first kappa shape index (κ1) is 21.0. The van der Waals surface area contributed by atoms with Gasteiger partial charge in [0.15, 0.2) is 18.1 Å². The third-order valence-electron chi connectivity index (χ3n) is 5.66. The lowest BCUT2D eigenvalue weighted by molar-refractivity contribution is -0.148. The smallest absolute Gasteiger partial charge is 0.344 e. The van der Waals surface area contributed by atoms with Crippen molar-refractivity contribution in [2.24, 2.45) is 5.92 Å². The van der Waals surface area contributed by atoms with Gasteiger partial charge in [-0.3, -0.25) is 0 Å². The molecule has 0 amide bonds. The summed E-state index contributed by atoms with van der Waals surface area (Å²) in [7, 11) is 1.54. The van der Waals surface area contributed by atoms with Gasteiger partial charge in [-0.25, -0.2) is 9.59 Å². The van der Waals surface area contributed by atoms with Gasteiger partial charge in [-0.15, -0.1) is 0 Å². The van der Waals surface area contributed by atoms with Gasteiger partial charge in [-0.05, 0) is 49.4 Å². The van der Waals surface area contributed by atoms with Crippen LogP contribution in [0.5, 0.6) is 17.2 Å². The molecular weight excluding hydrogens is 400 g/mol. The lowest BCUT2D eigenvalue weighted by Crippen LogP contribution is -2.23. The Hall–Kier alpha value is -3.22. The van der Waals surface area contributed by atoms with Crippen LogP contribution in [0.1, 0.15) is 42.1 Å². The van der Waals surface area contributed by atoms with Crippen LogP contribution in [0.2, 0.25) is 0 Å². The Labute approximate surface area is 181 Å². The summed E-state index contributed by atoms with van der Waals surface area (Å²) in [5.74, 6) is 0.937. The minimum atomic E-state index is -0.431. The Morgan fingerprint density at radius 2 is 1.87 bits per heavy atom. The van der Waals surface area contributed by atoms with E-state index < -0.39 is 5.97 Å². The fourth-order valence-corrected chi connectivity index (χ4v) is 3.79. The summed E-state index contributed by atoms with van der Waals surface area (Å²) in [4.78, 5) is 24.3. The molecule has 0 saturated heterocycles. The predicted molar refractivity (Wildman–Crippen MR) is 113 cm³/mol. The largest absolute Gasteiger partial charge is 0.493 e. The van der Waals surface area contributed by atoms with Gasteiger partial charge < -0.3 is 23.7 Å². The summed E-state index contributed by atoms with van der Waals surface area (Å²) in [6.07, 6.45) is 3.39. The monoisotopic (exact) mass is 426 g/mol. The van der Waals surface area contributed by atoms with Crippen molar-refractivity contribution in [1.29, 1.82) is 0 Å². The number of carbonyl (C=O) groups is 2. The average Bonchev–Trinajstić information content (AvgIpc) is 3.12. The average molecular weight is 426 g/mol. The zero-order valence-electron chi connectivity index (χ0n) is 17.8. The number of fused-ring (bicyclic) bond motifs is 1. The number of cyclic esters (lactones) is 1. The van der Waals surface area contributed by atoms with E-state index in [1.807, 2.05) is 19.1 Å². The molecule has 1 saturated carbocycles. The second-order valence-electron chi connectivity index (χ2n) is 7.58. The summed E-state index contributed by atoms with van der Waals surface area (Å²) in [5.41, 5.74) is 2.77. The van der Waals surface area contributed by atoms with Crippen LogP contribution in [0.4, 0.5) is 0 Å². The number of benzene rings is 2. The van der Waals surface area contributed by atoms with E-state index in [4.69, 9.17) is 23.7 Å². The highest BCUT2D eigenvalue weighted by Crippen LogP contribution is 2.46. The highest BCUT2D eigenvalue weighted by Gasteiger charge is 2.28. The molecule has 0 aromatic heterocycles. The van der Waals surface area contributed by atoms with Crippen LogP contribution in [-0.2, 0) is 20.9 Å². The molecule has 2 aromatic rings. The minimum Gasteiger partial charge on any atom is -0.493 e. The van der Waals surface area contributed by atoms with Gasteiger partial charge in [0.25, 0.3) is 0 Å². The summed E-state index contributed by atoms with van der Waals surface area (Å²) >= 11 is 0. The van der Waals surface area contributed by atoms with Crippen molar-refractivity contribution in [3.05, 3.63) is 41.5 Å². The van der Waals surface area contributed by atoms with Crippen LogP contribution < -0.4 is 14.2 Å². The molecule has 0 atom stereocenters. The number of carbonyl (C=O) groups excluding carboxylic acids is 2. The van der Waals surface area contributed by atoms with Crippen molar-refractivity contribution in [3.63, 3.8) is 0 Å². The zero-order valence-corrected chi connectivity index (χ0v) is 17.8. The molecule has 0 N–H and O–H groups in total. The lowest BCUT2D eigenvalue weighted by Gasteiger charge is -2.24. The van der Waals surface area contributed by atoms with Gasteiger partial charge in [0.1, 0.15) is 6.61 Å². The maximum Gasteiger partial charge on any atom is 0.344 e. The number of hydrogen-bond acceptors (Lipinski definition) is 7. The third kappa shape index (κ3) is 4.31. The highest BCUT2D eigenvalue weighted by atomic mass is 16.6. The van der Waals surface area contributed by atoms with Crippen molar-refractivity contribution < 1.29 is 33.3 Å². The Bertz CT molecular complexity index is 978. The Morgan fingerprint density at radius 3 is 2.58 bits per heavy atom. The first-order valence-electron chi connectivity index (χ1n) is 10.5. The topological polar surface area (TPSA) is 80.3 Å². The standard InChI is InChI=1S/C24H26O7/c1-3-28-23-20(27-2)11-10-17(16-8-5-9-18-19(16)13-31-24(18)26)22(23)30-14-21(25)29-12-15-6-4-7-15/h5,8-11,15H,3-4,6-7,12-14H2,1-2H3. The molecule has 4 rings (SSSR count). The summed E-state index contributed by atoms with van der Waals surface area (Å²) in [6.45, 7) is 2.60. The summed E-state index contributed by atoms with van der Waals surface area (Å²) < 4.78 is 27.8. The van der Waals surface area contributed by atoms with Crippen LogP contribution >= 0.6 is 0 Å². The van der Waals surface area contributed by atoms with Crippen molar-refractivity contribution >= 4 is 11.9 Å². The minimum absolute atomic E-state index is 0.184. The summed E-state index contributed by atoms with van der Waals surface area (Å²) in [5, 5.41) is 0. The normalized spacial score (nSPS) is 15.0. The molecule has 1 aliphatic heterocycles. The molecule has 7 nitrogen and oxygen atoms in total. The van der Waals surface area contributed by atoms with Gasteiger partial charge in [0.2, 0.25) is 5.75 Å². The van der Waals surface area contributed by atoms with E-state index >= 15 is 0 Å². The van der Waals surface area contributed by atoms with E-state index in [2.05, 4.69) is 0 Å². The van der Waals surface area contributed by atoms with Crippen LogP contribution in [0.15, 0.2) is 30.3 Å². The fraction of sp³-hybridized carbons (Fsp3) is 0.417. The molecule has 164 valence electrons. The maximum atomic E-state index is 12.3. The molecule has 0 unspecified atom stereocenters. The summed E-state index contributed by atoms with van der Waals surface area (Å²) in [6, 6.07) is 9.02. The highest BCUT2D eigenvalue weighted by molar-refractivity contribution is 5.96. The van der Waals surface area contributed by atoms with Gasteiger partial charge >= 0.3 is 11.9 Å². The van der Waals surface area contributed by atoms with E-state index in [9.17, 15) is 9.59 Å². The molecule has 0 spiro atoms. The molecule has 1 aliphatic carbocycles. The molecule has 0 radical (unpaired) electrons. The van der Waals surface area contributed by atoms with Crippen LogP contribution in [-0.4, -0.2) is 38.9 Å².